The molecule has 0 bridgehead atoms. The Balaban J connectivity index is 2.13. The van der Waals surface area contributed by atoms with Gasteiger partial charge in [-0.25, -0.2) is 8.42 Å². The molecule has 0 aromatic heterocycles. The monoisotopic (exact) mass is 344 g/mol. The van der Waals surface area contributed by atoms with Crippen LogP contribution < -0.4 is 9.21 Å². The zero-order valence-corrected chi connectivity index (χ0v) is 14.6. The molecular weight excluding hydrogens is 324 g/mol. The van der Waals surface area contributed by atoms with Crippen molar-refractivity contribution in [3.05, 3.63) is 54.1 Å². The Bertz CT molecular complexity index is 860. The van der Waals surface area contributed by atoms with E-state index < -0.39 is 10.0 Å². The quantitative estimate of drug-likeness (QED) is 0.842. The predicted molar refractivity (Wildman–Crippen MR) is 94.8 cm³/mol. The van der Waals surface area contributed by atoms with E-state index in [0.717, 1.165) is 5.56 Å². The van der Waals surface area contributed by atoms with Gasteiger partial charge in [-0.05, 0) is 37.6 Å². The zero-order valence-electron chi connectivity index (χ0n) is 13.8. The maximum absolute atomic E-state index is 13.1. The molecule has 0 atom stereocenters. The van der Waals surface area contributed by atoms with Crippen molar-refractivity contribution in [2.75, 3.05) is 22.8 Å². The van der Waals surface area contributed by atoms with Crippen LogP contribution in [0.25, 0.3) is 0 Å². The maximum atomic E-state index is 13.1. The second-order valence-electron chi connectivity index (χ2n) is 5.94. The number of amides is 1. The SMILES string of the molecule is Cc1ccc(S(=O)(=O)N2CCCC(=O)N(C)c3ccccc32)cc1. The molecule has 0 saturated carbocycles. The van der Waals surface area contributed by atoms with Crippen LogP contribution in [-0.4, -0.2) is 27.9 Å². The van der Waals surface area contributed by atoms with Crippen molar-refractivity contribution < 1.29 is 13.2 Å². The number of para-hydroxylation sites is 2. The van der Waals surface area contributed by atoms with Gasteiger partial charge in [0.15, 0.2) is 0 Å². The molecule has 6 heteroatoms. The fourth-order valence-electron chi connectivity index (χ4n) is 2.84. The maximum Gasteiger partial charge on any atom is 0.264 e. The summed E-state index contributed by atoms with van der Waals surface area (Å²) in [5.41, 5.74) is 2.15. The average molecular weight is 344 g/mol. The molecule has 1 amide bonds. The van der Waals surface area contributed by atoms with Crippen molar-refractivity contribution in [1.82, 2.24) is 0 Å². The summed E-state index contributed by atoms with van der Waals surface area (Å²) >= 11 is 0. The third-order valence-corrected chi connectivity index (χ3v) is 6.07. The smallest absolute Gasteiger partial charge is 0.264 e. The number of rotatable bonds is 2. The molecule has 126 valence electrons. The predicted octanol–water partition coefficient (Wildman–Crippen LogP) is 2.95. The standard InChI is InChI=1S/C18H20N2O3S/c1-14-9-11-15(12-10-14)24(22,23)20-13-5-8-18(21)19(2)16-6-3-4-7-17(16)20/h3-4,6-7,9-12H,5,8,13H2,1-2H3. The minimum atomic E-state index is -3.68. The normalized spacial score (nSPS) is 15.7. The number of aryl methyl sites for hydroxylation is 1. The summed E-state index contributed by atoms with van der Waals surface area (Å²) in [6.07, 6.45) is 0.813. The Morgan fingerprint density at radius 2 is 1.58 bits per heavy atom. The van der Waals surface area contributed by atoms with E-state index in [1.165, 1.54) is 9.21 Å². The fraction of sp³-hybridized carbons (Fsp3) is 0.278. The first kappa shape index (κ1) is 16.5. The number of fused-ring (bicyclic) bond motifs is 1. The van der Waals surface area contributed by atoms with E-state index in [9.17, 15) is 13.2 Å². The van der Waals surface area contributed by atoms with E-state index in [2.05, 4.69) is 0 Å². The summed E-state index contributed by atoms with van der Waals surface area (Å²) in [5, 5.41) is 0. The molecule has 0 saturated heterocycles. The van der Waals surface area contributed by atoms with Gasteiger partial charge < -0.3 is 4.90 Å². The van der Waals surface area contributed by atoms with Gasteiger partial charge in [0, 0.05) is 20.0 Å². The molecule has 3 rings (SSSR count). The second-order valence-corrected chi connectivity index (χ2v) is 7.80. The number of carbonyl (C=O) groups excluding carboxylic acids is 1. The summed E-state index contributed by atoms with van der Waals surface area (Å²) in [6, 6.07) is 13.9. The van der Waals surface area contributed by atoms with Crippen LogP contribution in [0.15, 0.2) is 53.4 Å². The lowest BCUT2D eigenvalue weighted by Gasteiger charge is -2.31. The number of carbonyl (C=O) groups is 1. The minimum Gasteiger partial charge on any atom is -0.313 e. The Kier molecular flexibility index (Phi) is 4.32. The number of sulfonamides is 1. The molecule has 0 radical (unpaired) electrons. The van der Waals surface area contributed by atoms with Gasteiger partial charge in [-0.2, -0.15) is 0 Å². The Hall–Kier alpha value is -2.34. The van der Waals surface area contributed by atoms with Crippen LogP contribution in [0.1, 0.15) is 18.4 Å². The molecule has 2 aromatic rings. The Morgan fingerprint density at radius 3 is 2.25 bits per heavy atom. The van der Waals surface area contributed by atoms with Crippen molar-refractivity contribution in [3.63, 3.8) is 0 Å². The summed E-state index contributed by atoms with van der Waals surface area (Å²) < 4.78 is 27.7. The first-order valence-electron chi connectivity index (χ1n) is 7.86. The van der Waals surface area contributed by atoms with Crippen molar-refractivity contribution in [1.29, 1.82) is 0 Å². The van der Waals surface area contributed by atoms with Gasteiger partial charge in [0.05, 0.1) is 16.3 Å². The minimum absolute atomic E-state index is 0.00478. The van der Waals surface area contributed by atoms with Gasteiger partial charge in [0.2, 0.25) is 5.91 Å². The highest BCUT2D eigenvalue weighted by atomic mass is 32.2. The molecule has 0 spiro atoms. The highest BCUT2D eigenvalue weighted by Crippen LogP contribution is 2.34. The Labute approximate surface area is 142 Å². The molecule has 1 heterocycles. The van der Waals surface area contributed by atoms with Gasteiger partial charge in [0.25, 0.3) is 10.0 Å². The van der Waals surface area contributed by atoms with Crippen molar-refractivity contribution in [3.8, 4) is 0 Å². The third kappa shape index (κ3) is 2.89. The highest BCUT2D eigenvalue weighted by Gasteiger charge is 2.30. The summed E-state index contributed by atoms with van der Waals surface area (Å²) in [7, 11) is -1.99. The molecule has 24 heavy (non-hydrogen) atoms. The topological polar surface area (TPSA) is 57.7 Å². The highest BCUT2D eigenvalue weighted by molar-refractivity contribution is 7.92. The van der Waals surface area contributed by atoms with Gasteiger partial charge in [0.1, 0.15) is 0 Å². The number of anilines is 2. The number of hydrogen-bond donors (Lipinski definition) is 0. The van der Waals surface area contributed by atoms with E-state index in [1.54, 1.807) is 55.6 Å². The van der Waals surface area contributed by atoms with Crippen LogP contribution in [0.5, 0.6) is 0 Å². The molecule has 1 aliphatic heterocycles. The second kappa shape index (κ2) is 6.28. The molecule has 0 fully saturated rings. The number of benzene rings is 2. The molecule has 0 unspecified atom stereocenters. The third-order valence-electron chi connectivity index (χ3n) is 4.25. The lowest BCUT2D eigenvalue weighted by atomic mass is 10.2. The van der Waals surface area contributed by atoms with Crippen LogP contribution in [0.4, 0.5) is 11.4 Å². The number of nitrogens with zero attached hydrogens (tertiary/aromatic N) is 2. The summed E-state index contributed by atoms with van der Waals surface area (Å²) in [4.78, 5) is 13.9. The number of hydrogen-bond acceptors (Lipinski definition) is 3. The zero-order chi connectivity index (χ0) is 17.3. The van der Waals surface area contributed by atoms with Crippen molar-refractivity contribution >= 4 is 27.3 Å². The van der Waals surface area contributed by atoms with Crippen molar-refractivity contribution in [2.24, 2.45) is 0 Å². The van der Waals surface area contributed by atoms with E-state index in [-0.39, 0.29) is 17.3 Å². The van der Waals surface area contributed by atoms with E-state index in [1.807, 2.05) is 6.92 Å². The average Bonchev–Trinajstić information content (AvgIpc) is 2.57. The molecule has 0 N–H and O–H groups in total. The largest absolute Gasteiger partial charge is 0.313 e. The van der Waals surface area contributed by atoms with Gasteiger partial charge in [-0.15, -0.1) is 0 Å². The van der Waals surface area contributed by atoms with E-state index in [4.69, 9.17) is 0 Å². The summed E-state index contributed by atoms with van der Waals surface area (Å²) in [5.74, 6) is -0.00478. The van der Waals surface area contributed by atoms with Gasteiger partial charge in [-0.3, -0.25) is 9.10 Å². The molecule has 1 aliphatic rings. The van der Waals surface area contributed by atoms with Crippen LogP contribution in [0.2, 0.25) is 0 Å². The molecular formula is C18H20N2O3S. The van der Waals surface area contributed by atoms with Crippen LogP contribution >= 0.6 is 0 Å². The molecule has 0 aliphatic carbocycles. The van der Waals surface area contributed by atoms with Crippen molar-refractivity contribution in [2.45, 2.75) is 24.7 Å². The summed E-state index contributed by atoms with van der Waals surface area (Å²) in [6.45, 7) is 2.20. The van der Waals surface area contributed by atoms with Crippen LogP contribution in [0, 0.1) is 6.92 Å². The Morgan fingerprint density at radius 1 is 0.958 bits per heavy atom. The van der Waals surface area contributed by atoms with Gasteiger partial charge >= 0.3 is 0 Å². The van der Waals surface area contributed by atoms with E-state index >= 15 is 0 Å². The molecule has 5 nitrogen and oxygen atoms in total. The lowest BCUT2D eigenvalue weighted by Crippen LogP contribution is -2.37. The van der Waals surface area contributed by atoms with Crippen LogP contribution in [0.3, 0.4) is 0 Å². The lowest BCUT2D eigenvalue weighted by molar-refractivity contribution is -0.118. The van der Waals surface area contributed by atoms with Gasteiger partial charge in [-0.1, -0.05) is 29.8 Å². The van der Waals surface area contributed by atoms with E-state index in [0.29, 0.717) is 24.2 Å². The molecule has 2 aromatic carbocycles. The first-order valence-corrected chi connectivity index (χ1v) is 9.30. The fourth-order valence-corrected chi connectivity index (χ4v) is 4.36. The first-order chi connectivity index (χ1) is 11.4. The van der Waals surface area contributed by atoms with Crippen LogP contribution in [-0.2, 0) is 14.8 Å².